The Morgan fingerprint density at radius 3 is 0.875 bits per heavy atom. The van der Waals surface area contributed by atoms with Crippen LogP contribution in [0.3, 0.4) is 0 Å². The lowest BCUT2D eigenvalue weighted by Gasteiger charge is -2.28. The molecular weight excluding hydrogens is 632 g/mol. The van der Waals surface area contributed by atoms with Gasteiger partial charge in [0.15, 0.2) is 12.3 Å². The summed E-state index contributed by atoms with van der Waals surface area (Å²) in [5.41, 5.74) is 4.46. The van der Waals surface area contributed by atoms with Crippen LogP contribution in [0.5, 0.6) is 11.5 Å². The Kier molecular flexibility index (Phi) is 15.1. The summed E-state index contributed by atoms with van der Waals surface area (Å²) < 4.78 is 41.2. The van der Waals surface area contributed by atoms with Crippen molar-refractivity contribution in [3.05, 3.63) is 46.5 Å². The molecule has 0 aromatic heterocycles. The molecule has 2 aliphatic heterocycles. The number of amides is 4. The van der Waals surface area contributed by atoms with E-state index in [9.17, 15) is 19.8 Å². The standard InChI is InChI=1S/C20H26O6.C12H22N4O6/c1-23-9-15-5-13(6-16(10-24-2)19(15)21)14-7-17(11-25-3)20(22)18(8-14)12-26-4;1-19-5-13-9-10(15(7-21-3)11(13)17)16(8-22-4)12(18)14(9)6-20-2/h5-8,21-22H,9-12H2,1-4H3;9-10H,5-8H2,1-4H3. The fourth-order valence-electron chi connectivity index (χ4n) is 5.76. The Morgan fingerprint density at radius 1 is 0.458 bits per heavy atom. The maximum atomic E-state index is 12.6. The van der Waals surface area contributed by atoms with Gasteiger partial charge in [0.2, 0.25) is 0 Å². The van der Waals surface area contributed by atoms with Gasteiger partial charge >= 0.3 is 12.1 Å². The number of phenols is 2. The Balaban J connectivity index is 0.000000264. The summed E-state index contributed by atoms with van der Waals surface area (Å²) in [4.78, 5) is 31.0. The van der Waals surface area contributed by atoms with Gasteiger partial charge in [-0.05, 0) is 35.4 Å². The lowest BCUT2D eigenvalue weighted by atomic mass is 9.95. The second kappa shape index (κ2) is 18.7. The molecule has 2 aromatic carbocycles. The van der Waals surface area contributed by atoms with E-state index in [0.29, 0.717) is 22.3 Å². The van der Waals surface area contributed by atoms with Gasteiger partial charge in [0, 0.05) is 79.1 Å². The number of carbonyl (C=O) groups excluding carboxylic acids is 2. The molecule has 2 aromatic rings. The molecule has 0 aliphatic carbocycles. The molecule has 0 unspecified atom stereocenters. The summed E-state index contributed by atoms with van der Waals surface area (Å²) in [6.07, 6.45) is -1.05. The molecule has 2 N–H and O–H groups in total. The van der Waals surface area contributed by atoms with Crippen molar-refractivity contribution < 1.29 is 57.7 Å². The number of aromatic hydroxyl groups is 2. The van der Waals surface area contributed by atoms with Crippen molar-refractivity contribution >= 4 is 12.1 Å². The molecule has 0 spiro atoms. The minimum atomic E-state index is -0.523. The largest absolute Gasteiger partial charge is 0.507 e. The number of hydrogen-bond acceptors (Lipinski definition) is 12. The normalized spacial score (nSPS) is 17.3. The van der Waals surface area contributed by atoms with E-state index < -0.39 is 12.3 Å². The van der Waals surface area contributed by atoms with Crippen LogP contribution in [0.1, 0.15) is 22.3 Å². The summed E-state index contributed by atoms with van der Waals surface area (Å²) in [7, 11) is 12.3. The van der Waals surface area contributed by atoms with Crippen LogP contribution in [-0.2, 0) is 64.3 Å². The minimum Gasteiger partial charge on any atom is -0.507 e. The zero-order chi connectivity index (χ0) is 35.4. The van der Waals surface area contributed by atoms with Gasteiger partial charge in [0.05, 0.1) is 26.4 Å². The molecule has 0 atom stereocenters. The smallest absolute Gasteiger partial charge is 0.327 e. The molecule has 0 radical (unpaired) electrons. The van der Waals surface area contributed by atoms with E-state index in [1.807, 2.05) is 24.3 Å². The lowest BCUT2D eigenvalue weighted by Crippen LogP contribution is -2.48. The molecule has 4 amide bonds. The van der Waals surface area contributed by atoms with Crippen molar-refractivity contribution in [3.63, 3.8) is 0 Å². The van der Waals surface area contributed by atoms with Gasteiger partial charge in [-0.3, -0.25) is 19.6 Å². The van der Waals surface area contributed by atoms with E-state index in [1.165, 1.54) is 48.0 Å². The van der Waals surface area contributed by atoms with Crippen molar-refractivity contribution in [2.24, 2.45) is 0 Å². The molecule has 16 nitrogen and oxygen atoms in total. The van der Waals surface area contributed by atoms with E-state index >= 15 is 0 Å². The highest BCUT2D eigenvalue weighted by atomic mass is 16.5. The minimum absolute atomic E-state index is 0.0640. The van der Waals surface area contributed by atoms with Gasteiger partial charge in [-0.2, -0.15) is 0 Å². The summed E-state index contributed by atoms with van der Waals surface area (Å²) in [6, 6.07) is 6.95. The van der Waals surface area contributed by atoms with Crippen LogP contribution in [0.2, 0.25) is 0 Å². The first-order chi connectivity index (χ1) is 23.2. The molecule has 268 valence electrons. The lowest BCUT2D eigenvalue weighted by molar-refractivity contribution is -0.0135. The molecule has 16 heteroatoms. The number of nitrogens with zero attached hydrogens (tertiary/aromatic N) is 4. The van der Waals surface area contributed by atoms with Crippen molar-refractivity contribution in [2.45, 2.75) is 38.8 Å². The highest BCUT2D eigenvalue weighted by Crippen LogP contribution is 2.36. The van der Waals surface area contributed by atoms with Crippen molar-refractivity contribution in [1.29, 1.82) is 0 Å². The van der Waals surface area contributed by atoms with E-state index in [2.05, 4.69) is 0 Å². The van der Waals surface area contributed by atoms with Crippen LogP contribution in [-0.4, -0.2) is 138 Å². The van der Waals surface area contributed by atoms with Crippen LogP contribution >= 0.6 is 0 Å². The van der Waals surface area contributed by atoms with Crippen LogP contribution in [0.25, 0.3) is 11.1 Å². The quantitative estimate of drug-likeness (QED) is 0.252. The second-order valence-electron chi connectivity index (χ2n) is 11.0. The van der Waals surface area contributed by atoms with Gasteiger partial charge in [-0.25, -0.2) is 9.59 Å². The van der Waals surface area contributed by atoms with Gasteiger partial charge in [0.1, 0.15) is 38.4 Å². The molecular formula is C32H48N4O12. The van der Waals surface area contributed by atoms with Crippen LogP contribution in [0.15, 0.2) is 24.3 Å². The third kappa shape index (κ3) is 8.45. The van der Waals surface area contributed by atoms with Crippen molar-refractivity contribution in [1.82, 2.24) is 19.6 Å². The Morgan fingerprint density at radius 2 is 0.688 bits per heavy atom. The number of benzene rings is 2. The molecule has 2 saturated heterocycles. The monoisotopic (exact) mass is 680 g/mol. The first-order valence-corrected chi connectivity index (χ1v) is 14.9. The molecule has 2 fully saturated rings. The summed E-state index contributed by atoms with van der Waals surface area (Å²) >= 11 is 0. The Bertz CT molecular complexity index is 1170. The predicted octanol–water partition coefficient (Wildman–Crippen LogP) is 2.88. The number of methoxy groups -OCH3 is 8. The molecule has 2 aliphatic rings. The number of fused-ring (bicyclic) bond motifs is 1. The van der Waals surface area contributed by atoms with Crippen LogP contribution in [0, 0.1) is 0 Å². The number of urea groups is 2. The van der Waals surface area contributed by atoms with E-state index in [4.69, 9.17) is 37.9 Å². The maximum absolute atomic E-state index is 12.6. The zero-order valence-corrected chi connectivity index (χ0v) is 28.9. The molecule has 0 bridgehead atoms. The first-order valence-electron chi connectivity index (χ1n) is 14.9. The van der Waals surface area contributed by atoms with Gasteiger partial charge < -0.3 is 48.1 Å². The van der Waals surface area contributed by atoms with Crippen LogP contribution in [0.4, 0.5) is 9.59 Å². The highest BCUT2D eigenvalue weighted by molar-refractivity contribution is 5.85. The summed E-state index contributed by atoms with van der Waals surface area (Å²) in [5, 5.41) is 20.8. The number of rotatable bonds is 17. The first kappa shape index (κ1) is 38.7. The average molecular weight is 681 g/mol. The predicted molar refractivity (Wildman–Crippen MR) is 171 cm³/mol. The third-order valence-electron chi connectivity index (χ3n) is 7.67. The van der Waals surface area contributed by atoms with Gasteiger partial charge in [-0.1, -0.05) is 0 Å². The number of carbonyl (C=O) groups is 2. The fraction of sp³-hybridized carbons (Fsp3) is 0.562. The zero-order valence-electron chi connectivity index (χ0n) is 28.9. The summed E-state index contributed by atoms with van der Waals surface area (Å²) in [6.45, 7) is 1.38. The Labute approximate surface area is 281 Å². The van der Waals surface area contributed by atoms with Crippen molar-refractivity contribution in [3.8, 4) is 22.6 Å². The van der Waals surface area contributed by atoms with Gasteiger partial charge in [-0.15, -0.1) is 0 Å². The molecule has 2 heterocycles. The third-order valence-corrected chi connectivity index (χ3v) is 7.67. The number of hydrogen-bond donors (Lipinski definition) is 2. The van der Waals surface area contributed by atoms with Gasteiger partial charge in [0.25, 0.3) is 0 Å². The second-order valence-corrected chi connectivity index (χ2v) is 11.0. The maximum Gasteiger partial charge on any atom is 0.327 e. The number of ether oxygens (including phenoxy) is 8. The molecule has 4 rings (SSSR count). The topological polar surface area (TPSA) is 161 Å². The van der Waals surface area contributed by atoms with Crippen LogP contribution < -0.4 is 0 Å². The highest BCUT2D eigenvalue weighted by Gasteiger charge is 2.59. The van der Waals surface area contributed by atoms with E-state index in [1.54, 1.807) is 28.4 Å². The Hall–Kier alpha value is -3.74. The van der Waals surface area contributed by atoms with E-state index in [0.717, 1.165) is 11.1 Å². The van der Waals surface area contributed by atoms with E-state index in [-0.39, 0.29) is 76.9 Å². The number of phenolic OH excluding ortho intramolecular Hbond substituents is 2. The fourth-order valence-corrected chi connectivity index (χ4v) is 5.76. The molecule has 48 heavy (non-hydrogen) atoms. The average Bonchev–Trinajstić information content (AvgIpc) is 3.48. The molecule has 0 saturated carbocycles. The summed E-state index contributed by atoms with van der Waals surface area (Å²) in [5.74, 6) is 0.343. The van der Waals surface area contributed by atoms with Crippen molar-refractivity contribution in [2.75, 3.05) is 83.8 Å². The SMILES string of the molecule is COCN1C(=O)N(COC)C2C1N(COC)C(=O)N2COC.COCc1cc(-c2cc(COC)c(O)c(COC)c2)cc(COC)c1O.